The second-order valence-electron chi connectivity index (χ2n) is 5.72. The zero-order valence-corrected chi connectivity index (χ0v) is 11.3. The lowest BCUT2D eigenvalue weighted by atomic mass is 9.76. The van der Waals surface area contributed by atoms with Gasteiger partial charge in [0.1, 0.15) is 0 Å². The molecule has 3 heterocycles. The molecule has 18 heavy (non-hydrogen) atoms. The Labute approximate surface area is 109 Å². The highest BCUT2D eigenvalue weighted by Crippen LogP contribution is 2.35. The molecule has 2 amide bonds. The third-order valence-electron chi connectivity index (χ3n) is 4.01. The molecule has 4 atom stereocenters. The van der Waals surface area contributed by atoms with Crippen LogP contribution in [0.3, 0.4) is 0 Å². The zero-order valence-electron chi connectivity index (χ0n) is 11.3. The smallest absolute Gasteiger partial charge is 0.315 e. The summed E-state index contributed by atoms with van der Waals surface area (Å²) in [5, 5.41) is 5.80. The van der Waals surface area contributed by atoms with Crippen LogP contribution in [0.25, 0.3) is 0 Å². The number of piperidine rings is 3. The van der Waals surface area contributed by atoms with Gasteiger partial charge in [-0.25, -0.2) is 4.79 Å². The molecule has 0 spiro atoms. The van der Waals surface area contributed by atoms with Crippen molar-refractivity contribution in [1.29, 1.82) is 0 Å². The van der Waals surface area contributed by atoms with Gasteiger partial charge in [-0.3, -0.25) is 4.90 Å². The fourth-order valence-electron chi connectivity index (χ4n) is 3.06. The molecule has 3 aliphatic heterocycles. The van der Waals surface area contributed by atoms with Gasteiger partial charge >= 0.3 is 6.03 Å². The van der Waals surface area contributed by atoms with E-state index >= 15 is 0 Å². The molecule has 0 aromatic heterocycles. The van der Waals surface area contributed by atoms with E-state index in [1.54, 1.807) is 0 Å². The van der Waals surface area contributed by atoms with Crippen LogP contribution in [0.2, 0.25) is 0 Å². The number of nitrogens with zero attached hydrogens (tertiary/aromatic N) is 1. The maximum Gasteiger partial charge on any atom is 0.315 e. The Hall–Kier alpha value is -1.21. The number of nitrogens with one attached hydrogen (secondary N) is 2. The van der Waals surface area contributed by atoms with Gasteiger partial charge in [0.05, 0.1) is 0 Å². The number of hydrogen-bond donors (Lipinski definition) is 2. The summed E-state index contributed by atoms with van der Waals surface area (Å²) >= 11 is 0. The number of terminal acetylenes is 1. The highest BCUT2D eigenvalue weighted by Gasteiger charge is 2.39. The molecular weight excluding hydrogens is 226 g/mol. The Morgan fingerprint density at radius 1 is 1.56 bits per heavy atom. The molecule has 3 aliphatic rings. The quantitative estimate of drug-likeness (QED) is 0.734. The number of amides is 2. The van der Waals surface area contributed by atoms with Gasteiger partial charge in [0, 0.05) is 31.1 Å². The van der Waals surface area contributed by atoms with Crippen LogP contribution in [-0.4, -0.2) is 42.6 Å². The van der Waals surface area contributed by atoms with Crippen LogP contribution in [0, 0.1) is 24.2 Å². The predicted molar refractivity (Wildman–Crippen MR) is 72.1 cm³/mol. The van der Waals surface area contributed by atoms with E-state index in [1.807, 2.05) is 13.8 Å². The Bertz CT molecular complexity index is 347. The fraction of sp³-hybridized carbons (Fsp3) is 0.786. The number of fused-ring (bicyclic) bond motifs is 3. The largest absolute Gasteiger partial charge is 0.337 e. The van der Waals surface area contributed by atoms with Crippen LogP contribution in [-0.2, 0) is 0 Å². The van der Waals surface area contributed by atoms with Gasteiger partial charge in [-0.15, -0.1) is 12.3 Å². The first kappa shape index (κ1) is 13.2. The van der Waals surface area contributed by atoms with Crippen LogP contribution in [0.5, 0.6) is 0 Å². The Morgan fingerprint density at radius 2 is 2.33 bits per heavy atom. The van der Waals surface area contributed by atoms with E-state index in [-0.39, 0.29) is 12.1 Å². The molecule has 2 N–H and O–H groups in total. The van der Waals surface area contributed by atoms with Crippen molar-refractivity contribution in [2.45, 2.75) is 38.8 Å². The lowest BCUT2D eigenvalue weighted by Crippen LogP contribution is -2.57. The number of hydrogen-bond acceptors (Lipinski definition) is 2. The van der Waals surface area contributed by atoms with Crippen LogP contribution >= 0.6 is 0 Å². The number of carbonyl (C=O) groups is 1. The summed E-state index contributed by atoms with van der Waals surface area (Å²) in [4.78, 5) is 14.0. The van der Waals surface area contributed by atoms with Crippen LogP contribution < -0.4 is 10.6 Å². The van der Waals surface area contributed by atoms with Crippen LogP contribution in [0.4, 0.5) is 4.79 Å². The summed E-state index contributed by atoms with van der Waals surface area (Å²) in [7, 11) is 0. The van der Waals surface area contributed by atoms with Crippen molar-refractivity contribution < 1.29 is 4.79 Å². The van der Waals surface area contributed by atoms with Crippen molar-refractivity contribution in [1.82, 2.24) is 15.5 Å². The molecule has 0 aromatic rings. The van der Waals surface area contributed by atoms with Gasteiger partial charge < -0.3 is 10.6 Å². The van der Waals surface area contributed by atoms with E-state index in [2.05, 4.69) is 21.5 Å². The molecule has 100 valence electrons. The Balaban J connectivity index is 1.79. The molecule has 2 bridgehead atoms. The molecule has 0 aromatic carbocycles. The number of carbonyl (C=O) groups excluding carboxylic acids is 1. The first-order chi connectivity index (χ1) is 8.60. The molecular formula is C14H23N3O. The van der Waals surface area contributed by atoms with E-state index in [9.17, 15) is 4.79 Å². The number of urea groups is 1. The third-order valence-corrected chi connectivity index (χ3v) is 4.01. The van der Waals surface area contributed by atoms with Gasteiger partial charge in [-0.2, -0.15) is 0 Å². The lowest BCUT2D eigenvalue weighted by Gasteiger charge is -2.48. The molecule has 4 nitrogen and oxygen atoms in total. The first-order valence-electron chi connectivity index (χ1n) is 6.84. The second kappa shape index (κ2) is 5.62. The molecule has 3 saturated heterocycles. The summed E-state index contributed by atoms with van der Waals surface area (Å²) < 4.78 is 0. The predicted octanol–water partition coefficient (Wildman–Crippen LogP) is 1.04. The summed E-state index contributed by atoms with van der Waals surface area (Å²) in [6.07, 6.45) is 7.89. The lowest BCUT2D eigenvalue weighted by molar-refractivity contribution is 0.0240. The molecule has 0 saturated carbocycles. The standard InChI is InChI=1S/C14H23N3O/c1-4-11-9-17-6-5-12(11)7-13(17)8-15-14(18)16-10(2)3/h1,10-13H,5-9H2,2-3H3,(H2,15,16,18). The SMILES string of the molecule is C#CC1CN2CCC1CC2CNC(=O)NC(C)C. The number of rotatable bonds is 3. The minimum absolute atomic E-state index is 0.0684. The highest BCUT2D eigenvalue weighted by atomic mass is 16.2. The summed E-state index contributed by atoms with van der Waals surface area (Å²) in [5.41, 5.74) is 0. The van der Waals surface area contributed by atoms with E-state index < -0.39 is 0 Å². The van der Waals surface area contributed by atoms with Gasteiger partial charge in [-0.1, -0.05) is 0 Å². The minimum atomic E-state index is -0.0684. The zero-order chi connectivity index (χ0) is 13.1. The average molecular weight is 249 g/mol. The fourth-order valence-corrected chi connectivity index (χ4v) is 3.06. The van der Waals surface area contributed by atoms with Crippen molar-refractivity contribution in [3.05, 3.63) is 0 Å². The topological polar surface area (TPSA) is 44.4 Å². The Morgan fingerprint density at radius 3 is 2.89 bits per heavy atom. The maximum absolute atomic E-state index is 11.5. The van der Waals surface area contributed by atoms with E-state index in [0.717, 1.165) is 26.1 Å². The minimum Gasteiger partial charge on any atom is -0.337 e. The van der Waals surface area contributed by atoms with Gasteiger partial charge in [-0.05, 0) is 39.2 Å². The monoisotopic (exact) mass is 249 g/mol. The van der Waals surface area contributed by atoms with Crippen molar-refractivity contribution in [3.63, 3.8) is 0 Å². The molecule has 4 unspecified atom stereocenters. The van der Waals surface area contributed by atoms with Crippen LogP contribution in [0.15, 0.2) is 0 Å². The second-order valence-corrected chi connectivity index (χ2v) is 5.72. The molecule has 3 fully saturated rings. The first-order valence-corrected chi connectivity index (χ1v) is 6.84. The highest BCUT2D eigenvalue weighted by molar-refractivity contribution is 5.74. The molecule has 0 radical (unpaired) electrons. The van der Waals surface area contributed by atoms with E-state index in [1.165, 1.54) is 6.42 Å². The van der Waals surface area contributed by atoms with Crippen molar-refractivity contribution in [3.8, 4) is 12.3 Å². The normalized spacial score (nSPS) is 34.1. The van der Waals surface area contributed by atoms with Crippen molar-refractivity contribution in [2.24, 2.45) is 11.8 Å². The van der Waals surface area contributed by atoms with E-state index in [0.29, 0.717) is 17.9 Å². The van der Waals surface area contributed by atoms with Crippen molar-refractivity contribution in [2.75, 3.05) is 19.6 Å². The van der Waals surface area contributed by atoms with Gasteiger partial charge in [0.2, 0.25) is 0 Å². The van der Waals surface area contributed by atoms with Crippen LogP contribution in [0.1, 0.15) is 26.7 Å². The van der Waals surface area contributed by atoms with E-state index in [4.69, 9.17) is 6.42 Å². The third kappa shape index (κ3) is 2.97. The van der Waals surface area contributed by atoms with Gasteiger partial charge in [0.25, 0.3) is 0 Å². The summed E-state index contributed by atoms with van der Waals surface area (Å²) in [6, 6.07) is 0.575. The van der Waals surface area contributed by atoms with Gasteiger partial charge in [0.15, 0.2) is 0 Å². The summed E-state index contributed by atoms with van der Waals surface area (Å²) in [6.45, 7) is 6.78. The summed E-state index contributed by atoms with van der Waals surface area (Å²) in [5.74, 6) is 3.97. The maximum atomic E-state index is 11.5. The van der Waals surface area contributed by atoms with Crippen molar-refractivity contribution >= 4 is 6.03 Å². The Kier molecular flexibility index (Phi) is 4.13. The molecule has 3 rings (SSSR count). The molecule has 4 heteroatoms. The average Bonchev–Trinajstić information content (AvgIpc) is 2.36. The molecule has 0 aliphatic carbocycles.